The molecule has 1 amide bonds. The van der Waals surface area contributed by atoms with Crippen LogP contribution in [-0.2, 0) is 0 Å². The molecule has 0 bridgehead atoms. The number of nitrogens with one attached hydrogen (secondary N) is 1. The van der Waals surface area contributed by atoms with Crippen molar-refractivity contribution in [1.82, 2.24) is 10.4 Å². The monoisotopic (exact) mass is 379 g/mol. The molecule has 1 aromatic heterocycles. The first-order chi connectivity index (χ1) is 11.7. The van der Waals surface area contributed by atoms with Gasteiger partial charge in [-0.2, -0.15) is 5.10 Å². The lowest BCUT2D eigenvalue weighted by Gasteiger charge is -2.07. The quantitative estimate of drug-likeness (QED) is 0.549. The molecule has 1 heterocycles. The average Bonchev–Trinajstić information content (AvgIpc) is 2.63. The number of hydrogen-bond donors (Lipinski definition) is 1. The SMILES string of the molecule is O=C(N/N=C(\c1ccccc1)c1ccccn1)c1cccc(Br)c1. The second-order valence-corrected chi connectivity index (χ2v) is 5.91. The zero-order chi connectivity index (χ0) is 16.8. The second-order valence-electron chi connectivity index (χ2n) is 4.99. The Balaban J connectivity index is 1.91. The summed E-state index contributed by atoms with van der Waals surface area (Å²) in [5.74, 6) is -0.277. The van der Waals surface area contributed by atoms with Crippen LogP contribution in [0.5, 0.6) is 0 Å². The summed E-state index contributed by atoms with van der Waals surface area (Å²) in [5, 5.41) is 4.31. The van der Waals surface area contributed by atoms with Gasteiger partial charge < -0.3 is 0 Å². The van der Waals surface area contributed by atoms with Crippen LogP contribution in [-0.4, -0.2) is 16.6 Å². The topological polar surface area (TPSA) is 54.4 Å². The van der Waals surface area contributed by atoms with Gasteiger partial charge in [-0.05, 0) is 30.3 Å². The first-order valence-corrected chi connectivity index (χ1v) is 8.14. The number of rotatable bonds is 4. The summed E-state index contributed by atoms with van der Waals surface area (Å²) in [6.45, 7) is 0. The summed E-state index contributed by atoms with van der Waals surface area (Å²) in [6, 6.07) is 22.4. The van der Waals surface area contributed by atoms with E-state index >= 15 is 0 Å². The molecule has 4 nitrogen and oxygen atoms in total. The number of carbonyl (C=O) groups excluding carboxylic acids is 1. The van der Waals surface area contributed by atoms with Crippen LogP contribution in [0.15, 0.2) is 88.6 Å². The predicted octanol–water partition coefficient (Wildman–Crippen LogP) is 4.03. The van der Waals surface area contributed by atoms with Crippen molar-refractivity contribution in [2.45, 2.75) is 0 Å². The molecule has 0 radical (unpaired) electrons. The van der Waals surface area contributed by atoms with E-state index in [-0.39, 0.29) is 5.91 Å². The molecule has 0 saturated heterocycles. The summed E-state index contributed by atoms with van der Waals surface area (Å²) in [6.07, 6.45) is 1.70. The molecule has 5 heteroatoms. The predicted molar refractivity (Wildman–Crippen MR) is 97.9 cm³/mol. The highest BCUT2D eigenvalue weighted by molar-refractivity contribution is 9.10. The van der Waals surface area contributed by atoms with Crippen LogP contribution in [0, 0.1) is 0 Å². The molecule has 0 aliphatic rings. The summed E-state index contributed by atoms with van der Waals surface area (Å²) in [4.78, 5) is 16.6. The average molecular weight is 380 g/mol. The normalized spacial score (nSPS) is 11.1. The molecule has 24 heavy (non-hydrogen) atoms. The fourth-order valence-corrected chi connectivity index (χ4v) is 2.57. The van der Waals surface area contributed by atoms with Crippen LogP contribution in [0.3, 0.4) is 0 Å². The van der Waals surface area contributed by atoms with E-state index in [1.165, 1.54) is 0 Å². The third kappa shape index (κ3) is 3.94. The maximum absolute atomic E-state index is 12.3. The molecule has 0 aliphatic heterocycles. The van der Waals surface area contributed by atoms with Crippen molar-refractivity contribution in [2.75, 3.05) is 0 Å². The number of amides is 1. The van der Waals surface area contributed by atoms with Crippen LogP contribution in [0.25, 0.3) is 0 Å². The summed E-state index contributed by atoms with van der Waals surface area (Å²) < 4.78 is 0.840. The molecular formula is C19H14BrN3O. The van der Waals surface area contributed by atoms with Gasteiger partial charge in [0.05, 0.1) is 5.69 Å². The van der Waals surface area contributed by atoms with Crippen molar-refractivity contribution in [3.05, 3.63) is 100 Å². The minimum Gasteiger partial charge on any atom is -0.267 e. The number of halogens is 1. The highest BCUT2D eigenvalue weighted by Crippen LogP contribution is 2.12. The van der Waals surface area contributed by atoms with Gasteiger partial charge in [-0.25, -0.2) is 5.43 Å². The highest BCUT2D eigenvalue weighted by atomic mass is 79.9. The number of benzene rings is 2. The molecule has 2 aromatic carbocycles. The van der Waals surface area contributed by atoms with Crippen LogP contribution in [0.1, 0.15) is 21.6 Å². The van der Waals surface area contributed by atoms with Gasteiger partial charge in [-0.1, -0.05) is 58.4 Å². The van der Waals surface area contributed by atoms with Gasteiger partial charge in [0.15, 0.2) is 0 Å². The van der Waals surface area contributed by atoms with Gasteiger partial charge in [0, 0.05) is 21.8 Å². The van der Waals surface area contributed by atoms with Crippen LogP contribution < -0.4 is 5.43 Å². The lowest BCUT2D eigenvalue weighted by molar-refractivity contribution is 0.0955. The van der Waals surface area contributed by atoms with Gasteiger partial charge in [0.2, 0.25) is 0 Å². The van der Waals surface area contributed by atoms with Crippen LogP contribution in [0.4, 0.5) is 0 Å². The van der Waals surface area contributed by atoms with Gasteiger partial charge in [0.25, 0.3) is 5.91 Å². The van der Waals surface area contributed by atoms with Crippen molar-refractivity contribution < 1.29 is 4.79 Å². The number of nitrogens with zero attached hydrogens (tertiary/aromatic N) is 2. The number of hydrogen-bond acceptors (Lipinski definition) is 3. The smallest absolute Gasteiger partial charge is 0.267 e. The third-order valence-electron chi connectivity index (χ3n) is 3.31. The van der Waals surface area contributed by atoms with Crippen LogP contribution in [0.2, 0.25) is 0 Å². The summed E-state index contributed by atoms with van der Waals surface area (Å²) in [5.41, 5.74) is 5.32. The molecule has 1 N–H and O–H groups in total. The van der Waals surface area contributed by atoms with Crippen molar-refractivity contribution in [3.63, 3.8) is 0 Å². The molecule has 0 unspecified atom stereocenters. The Labute approximate surface area is 148 Å². The number of aromatic nitrogens is 1. The molecule has 0 aliphatic carbocycles. The van der Waals surface area contributed by atoms with E-state index < -0.39 is 0 Å². The van der Waals surface area contributed by atoms with E-state index in [1.54, 1.807) is 24.4 Å². The summed E-state index contributed by atoms with van der Waals surface area (Å²) >= 11 is 3.36. The Hall–Kier alpha value is -2.79. The molecule has 0 fully saturated rings. The minimum absolute atomic E-state index is 0.277. The van der Waals surface area contributed by atoms with Gasteiger partial charge in [0.1, 0.15) is 5.71 Å². The largest absolute Gasteiger partial charge is 0.271 e. The van der Waals surface area contributed by atoms with Crippen molar-refractivity contribution >= 4 is 27.5 Å². The van der Waals surface area contributed by atoms with Gasteiger partial charge >= 0.3 is 0 Å². The van der Waals surface area contributed by atoms with E-state index in [2.05, 4.69) is 31.4 Å². The Bertz CT molecular complexity index is 823. The van der Waals surface area contributed by atoms with E-state index in [9.17, 15) is 4.79 Å². The van der Waals surface area contributed by atoms with Crippen molar-refractivity contribution in [3.8, 4) is 0 Å². The number of hydrazone groups is 1. The summed E-state index contributed by atoms with van der Waals surface area (Å²) in [7, 11) is 0. The van der Waals surface area contributed by atoms with Gasteiger partial charge in [-0.15, -0.1) is 0 Å². The van der Waals surface area contributed by atoms with Crippen molar-refractivity contribution in [1.29, 1.82) is 0 Å². The van der Waals surface area contributed by atoms with E-state index in [0.29, 0.717) is 17.0 Å². The lowest BCUT2D eigenvalue weighted by Crippen LogP contribution is -2.21. The van der Waals surface area contributed by atoms with E-state index in [4.69, 9.17) is 0 Å². The first-order valence-electron chi connectivity index (χ1n) is 7.34. The fourth-order valence-electron chi connectivity index (χ4n) is 2.17. The Kier molecular flexibility index (Phi) is 5.13. The Morgan fingerprint density at radius 2 is 1.67 bits per heavy atom. The van der Waals surface area contributed by atoms with Gasteiger partial charge in [-0.3, -0.25) is 9.78 Å². The third-order valence-corrected chi connectivity index (χ3v) is 3.80. The molecule has 3 aromatic rings. The standard InChI is InChI=1S/C19H14BrN3O/c20-16-10-6-9-15(13-16)19(24)23-22-18(14-7-2-1-3-8-14)17-11-4-5-12-21-17/h1-13H,(H,23,24)/b22-18+. The highest BCUT2D eigenvalue weighted by Gasteiger charge is 2.10. The molecule has 3 rings (SSSR count). The maximum atomic E-state index is 12.3. The number of carbonyl (C=O) groups is 1. The lowest BCUT2D eigenvalue weighted by atomic mass is 10.1. The Morgan fingerprint density at radius 3 is 2.38 bits per heavy atom. The molecule has 0 saturated carbocycles. The Morgan fingerprint density at radius 1 is 0.917 bits per heavy atom. The minimum atomic E-state index is -0.277. The van der Waals surface area contributed by atoms with E-state index in [0.717, 1.165) is 10.0 Å². The number of pyridine rings is 1. The maximum Gasteiger partial charge on any atom is 0.271 e. The van der Waals surface area contributed by atoms with E-state index in [1.807, 2.05) is 54.6 Å². The first kappa shape index (κ1) is 16.1. The zero-order valence-electron chi connectivity index (χ0n) is 12.7. The molecule has 0 atom stereocenters. The van der Waals surface area contributed by atoms with Crippen LogP contribution >= 0.6 is 15.9 Å². The van der Waals surface area contributed by atoms with Crippen molar-refractivity contribution in [2.24, 2.45) is 5.10 Å². The zero-order valence-corrected chi connectivity index (χ0v) is 14.3. The molecule has 0 spiro atoms. The molecule has 118 valence electrons. The fraction of sp³-hybridized carbons (Fsp3) is 0. The second kappa shape index (κ2) is 7.66. The molecular weight excluding hydrogens is 366 g/mol.